The standard InChI is InChI=1S/C22H29N3O4S/c1-18-5-9-21(10-6-18)25(30(2,27)28)13-3-4-22(26)23-19-7-11-20(12-8-19)24-14-16-29-17-15-24/h5-12H,3-4,13-17H2,1-2H3,(H,23,26). The van der Waals surface area contributed by atoms with Crippen molar-refractivity contribution in [3.8, 4) is 0 Å². The number of nitrogens with zero attached hydrogens (tertiary/aromatic N) is 2. The molecule has 30 heavy (non-hydrogen) atoms. The third-order valence-electron chi connectivity index (χ3n) is 5.01. The fourth-order valence-corrected chi connectivity index (χ4v) is 4.35. The number of ether oxygens (including phenoxy) is 1. The summed E-state index contributed by atoms with van der Waals surface area (Å²) in [4.78, 5) is 14.6. The molecular weight excluding hydrogens is 402 g/mol. The first kappa shape index (κ1) is 22.1. The summed E-state index contributed by atoms with van der Waals surface area (Å²) in [7, 11) is -3.42. The summed E-state index contributed by atoms with van der Waals surface area (Å²) in [5.41, 5.74) is 3.52. The number of aryl methyl sites for hydroxylation is 1. The number of sulfonamides is 1. The third-order valence-corrected chi connectivity index (χ3v) is 6.21. The van der Waals surface area contributed by atoms with E-state index in [1.165, 1.54) is 10.6 Å². The number of rotatable bonds is 8. The molecule has 3 rings (SSSR count). The predicted octanol–water partition coefficient (Wildman–Crippen LogP) is 3.02. The number of carbonyl (C=O) groups is 1. The molecule has 0 spiro atoms. The molecule has 1 fully saturated rings. The van der Waals surface area contributed by atoms with E-state index in [2.05, 4.69) is 10.2 Å². The second kappa shape index (κ2) is 9.95. The summed E-state index contributed by atoms with van der Waals surface area (Å²) in [5, 5.41) is 2.88. The first-order valence-electron chi connectivity index (χ1n) is 10.1. The molecule has 1 heterocycles. The summed E-state index contributed by atoms with van der Waals surface area (Å²) in [6, 6.07) is 15.1. The third kappa shape index (κ3) is 6.21. The van der Waals surface area contributed by atoms with E-state index >= 15 is 0 Å². The topological polar surface area (TPSA) is 79.0 Å². The van der Waals surface area contributed by atoms with Crippen LogP contribution in [0.5, 0.6) is 0 Å². The van der Waals surface area contributed by atoms with Crippen LogP contribution < -0.4 is 14.5 Å². The van der Waals surface area contributed by atoms with Gasteiger partial charge in [-0.2, -0.15) is 0 Å². The van der Waals surface area contributed by atoms with Gasteiger partial charge in [-0.15, -0.1) is 0 Å². The van der Waals surface area contributed by atoms with Gasteiger partial charge in [0.25, 0.3) is 0 Å². The van der Waals surface area contributed by atoms with E-state index in [0.717, 1.165) is 43.2 Å². The van der Waals surface area contributed by atoms with Gasteiger partial charge in [0.1, 0.15) is 0 Å². The molecule has 2 aromatic rings. The van der Waals surface area contributed by atoms with E-state index in [0.29, 0.717) is 12.1 Å². The Morgan fingerprint density at radius 1 is 1.07 bits per heavy atom. The van der Waals surface area contributed by atoms with Crippen LogP contribution in [0.2, 0.25) is 0 Å². The van der Waals surface area contributed by atoms with Crippen LogP contribution in [-0.2, 0) is 19.6 Å². The number of hydrogen-bond donors (Lipinski definition) is 1. The van der Waals surface area contributed by atoms with Crippen LogP contribution in [0, 0.1) is 6.92 Å². The summed E-state index contributed by atoms with van der Waals surface area (Å²) in [6.45, 7) is 5.39. The van der Waals surface area contributed by atoms with Crippen molar-refractivity contribution >= 4 is 33.0 Å². The van der Waals surface area contributed by atoms with Crippen molar-refractivity contribution in [2.24, 2.45) is 0 Å². The quantitative estimate of drug-likeness (QED) is 0.695. The lowest BCUT2D eigenvalue weighted by Crippen LogP contribution is -2.36. The minimum atomic E-state index is -3.42. The molecular formula is C22H29N3O4S. The van der Waals surface area contributed by atoms with Gasteiger partial charge < -0.3 is 15.0 Å². The summed E-state index contributed by atoms with van der Waals surface area (Å²) in [5.74, 6) is -0.133. The van der Waals surface area contributed by atoms with Crippen molar-refractivity contribution in [2.45, 2.75) is 19.8 Å². The predicted molar refractivity (Wildman–Crippen MR) is 121 cm³/mol. The largest absolute Gasteiger partial charge is 0.378 e. The monoisotopic (exact) mass is 431 g/mol. The lowest BCUT2D eigenvalue weighted by molar-refractivity contribution is -0.116. The molecule has 0 radical (unpaired) electrons. The highest BCUT2D eigenvalue weighted by Crippen LogP contribution is 2.20. The fourth-order valence-electron chi connectivity index (χ4n) is 3.38. The molecule has 0 aromatic heterocycles. The molecule has 0 bridgehead atoms. The Labute approximate surface area is 178 Å². The van der Waals surface area contributed by atoms with E-state index in [1.807, 2.05) is 43.3 Å². The van der Waals surface area contributed by atoms with E-state index in [1.54, 1.807) is 12.1 Å². The first-order valence-corrected chi connectivity index (χ1v) is 11.9. The Morgan fingerprint density at radius 3 is 2.30 bits per heavy atom. The molecule has 1 amide bonds. The van der Waals surface area contributed by atoms with Gasteiger partial charge in [0, 0.05) is 37.4 Å². The average Bonchev–Trinajstić information content (AvgIpc) is 2.72. The Bertz CT molecular complexity index is 937. The average molecular weight is 432 g/mol. The zero-order chi connectivity index (χ0) is 21.6. The molecule has 1 N–H and O–H groups in total. The molecule has 1 aliphatic heterocycles. The highest BCUT2D eigenvalue weighted by atomic mass is 32.2. The molecule has 8 heteroatoms. The Morgan fingerprint density at radius 2 is 1.70 bits per heavy atom. The number of morpholine rings is 1. The van der Waals surface area contributed by atoms with Crippen molar-refractivity contribution in [3.63, 3.8) is 0 Å². The smallest absolute Gasteiger partial charge is 0.232 e. The van der Waals surface area contributed by atoms with Gasteiger partial charge >= 0.3 is 0 Å². The summed E-state index contributed by atoms with van der Waals surface area (Å²) >= 11 is 0. The Balaban J connectivity index is 1.51. The number of anilines is 3. The number of amides is 1. The van der Waals surface area contributed by atoms with Crippen molar-refractivity contribution in [1.82, 2.24) is 0 Å². The lowest BCUT2D eigenvalue weighted by Gasteiger charge is -2.28. The second-order valence-electron chi connectivity index (χ2n) is 7.47. The minimum absolute atomic E-state index is 0.133. The highest BCUT2D eigenvalue weighted by Gasteiger charge is 2.17. The van der Waals surface area contributed by atoms with Gasteiger partial charge in [-0.25, -0.2) is 8.42 Å². The van der Waals surface area contributed by atoms with E-state index in [-0.39, 0.29) is 18.9 Å². The summed E-state index contributed by atoms with van der Waals surface area (Å²) in [6.07, 6.45) is 1.85. The van der Waals surface area contributed by atoms with Crippen LogP contribution >= 0.6 is 0 Å². The zero-order valence-electron chi connectivity index (χ0n) is 17.5. The molecule has 7 nitrogen and oxygen atoms in total. The zero-order valence-corrected chi connectivity index (χ0v) is 18.3. The van der Waals surface area contributed by atoms with Crippen LogP contribution in [0.1, 0.15) is 18.4 Å². The first-order chi connectivity index (χ1) is 14.3. The van der Waals surface area contributed by atoms with Crippen LogP contribution in [0.4, 0.5) is 17.1 Å². The number of hydrogen-bond acceptors (Lipinski definition) is 5. The number of carbonyl (C=O) groups excluding carboxylic acids is 1. The highest BCUT2D eigenvalue weighted by molar-refractivity contribution is 7.92. The van der Waals surface area contributed by atoms with Crippen LogP contribution in [0.15, 0.2) is 48.5 Å². The van der Waals surface area contributed by atoms with Crippen molar-refractivity contribution in [1.29, 1.82) is 0 Å². The van der Waals surface area contributed by atoms with Gasteiger partial charge in [0.2, 0.25) is 15.9 Å². The van der Waals surface area contributed by atoms with Crippen molar-refractivity contribution in [3.05, 3.63) is 54.1 Å². The fraction of sp³-hybridized carbons (Fsp3) is 0.409. The molecule has 162 valence electrons. The molecule has 0 saturated carbocycles. The Kier molecular flexibility index (Phi) is 7.33. The normalized spacial score (nSPS) is 14.4. The molecule has 1 aliphatic rings. The summed E-state index contributed by atoms with van der Waals surface area (Å²) < 4.78 is 31.0. The van der Waals surface area contributed by atoms with Crippen LogP contribution in [-0.4, -0.2) is 53.4 Å². The van der Waals surface area contributed by atoms with Crippen LogP contribution in [0.3, 0.4) is 0 Å². The SMILES string of the molecule is Cc1ccc(N(CCCC(=O)Nc2ccc(N3CCOCC3)cc2)S(C)(=O)=O)cc1. The van der Waals surface area contributed by atoms with Crippen LogP contribution in [0.25, 0.3) is 0 Å². The van der Waals surface area contributed by atoms with Crippen molar-refractivity contribution in [2.75, 3.05) is 53.6 Å². The van der Waals surface area contributed by atoms with Crippen molar-refractivity contribution < 1.29 is 17.9 Å². The maximum absolute atomic E-state index is 12.3. The van der Waals surface area contributed by atoms with E-state index in [4.69, 9.17) is 4.74 Å². The molecule has 0 atom stereocenters. The second-order valence-corrected chi connectivity index (χ2v) is 9.38. The number of benzene rings is 2. The van der Waals surface area contributed by atoms with Gasteiger partial charge in [-0.05, 0) is 49.7 Å². The van der Waals surface area contributed by atoms with Gasteiger partial charge in [-0.3, -0.25) is 9.10 Å². The van der Waals surface area contributed by atoms with Gasteiger partial charge in [0.05, 0.1) is 25.2 Å². The van der Waals surface area contributed by atoms with E-state index < -0.39 is 10.0 Å². The van der Waals surface area contributed by atoms with E-state index in [9.17, 15) is 13.2 Å². The van der Waals surface area contributed by atoms with Gasteiger partial charge in [0.15, 0.2) is 0 Å². The molecule has 0 aliphatic carbocycles. The minimum Gasteiger partial charge on any atom is -0.378 e. The Hall–Kier alpha value is -2.58. The lowest BCUT2D eigenvalue weighted by atomic mass is 10.2. The molecule has 0 unspecified atom stereocenters. The number of nitrogens with one attached hydrogen (secondary N) is 1. The molecule has 2 aromatic carbocycles. The maximum atomic E-state index is 12.3. The maximum Gasteiger partial charge on any atom is 0.232 e. The molecule has 1 saturated heterocycles. The van der Waals surface area contributed by atoms with Gasteiger partial charge in [-0.1, -0.05) is 17.7 Å².